The van der Waals surface area contributed by atoms with Gasteiger partial charge < -0.3 is 14.2 Å². The van der Waals surface area contributed by atoms with Crippen molar-refractivity contribution in [2.45, 2.75) is 51.9 Å². The zero-order valence-electron chi connectivity index (χ0n) is 13.1. The van der Waals surface area contributed by atoms with Crippen molar-refractivity contribution in [3.63, 3.8) is 0 Å². The minimum absolute atomic E-state index is 0.00599. The molecule has 0 N–H and O–H groups in total. The molecule has 3 heteroatoms. The van der Waals surface area contributed by atoms with Crippen LogP contribution in [0.5, 0.6) is 5.75 Å². The molecule has 3 nitrogen and oxygen atoms in total. The molecule has 1 aliphatic carbocycles. The topological polar surface area (TPSA) is 27.7 Å². The maximum absolute atomic E-state index is 5.91. The Bertz CT molecular complexity index is 426. The van der Waals surface area contributed by atoms with E-state index >= 15 is 0 Å². The molecule has 0 bridgehead atoms. The number of hydrogen-bond acceptors (Lipinski definition) is 3. The zero-order chi connectivity index (χ0) is 14.7. The smallest absolute Gasteiger partial charge is 0.160 e. The first-order valence-electron chi connectivity index (χ1n) is 8.17. The van der Waals surface area contributed by atoms with Crippen molar-refractivity contribution in [2.24, 2.45) is 11.8 Å². The standard InChI is InChI=1S/C18H26O3/c1-13-3-7-15(8-4-13)18-19-11-17(12-20-18)21-16-9-5-14(2)6-10-16/h5-6,9-10,13,15,17-18H,3-4,7-8,11-12H2,1-2H3. The monoisotopic (exact) mass is 290 g/mol. The summed E-state index contributed by atoms with van der Waals surface area (Å²) in [5.74, 6) is 2.33. The van der Waals surface area contributed by atoms with E-state index < -0.39 is 0 Å². The zero-order valence-corrected chi connectivity index (χ0v) is 13.1. The molecule has 1 aromatic rings. The van der Waals surface area contributed by atoms with Gasteiger partial charge in [-0.3, -0.25) is 0 Å². The average Bonchev–Trinajstić information content (AvgIpc) is 2.51. The Morgan fingerprint density at radius 3 is 2.19 bits per heavy atom. The van der Waals surface area contributed by atoms with E-state index in [-0.39, 0.29) is 12.4 Å². The van der Waals surface area contributed by atoms with Crippen LogP contribution < -0.4 is 4.74 Å². The van der Waals surface area contributed by atoms with E-state index in [1.165, 1.54) is 31.2 Å². The van der Waals surface area contributed by atoms with Crippen molar-refractivity contribution in [3.8, 4) is 5.75 Å². The molecule has 0 aromatic heterocycles. The summed E-state index contributed by atoms with van der Waals surface area (Å²) in [6, 6.07) is 8.13. The van der Waals surface area contributed by atoms with Crippen LogP contribution in [-0.2, 0) is 9.47 Å². The second-order valence-electron chi connectivity index (χ2n) is 6.61. The maximum Gasteiger partial charge on any atom is 0.160 e. The number of ether oxygens (including phenoxy) is 3. The third-order valence-electron chi connectivity index (χ3n) is 4.66. The second-order valence-corrected chi connectivity index (χ2v) is 6.61. The normalized spacial score (nSPS) is 33.6. The summed E-state index contributed by atoms with van der Waals surface area (Å²) in [7, 11) is 0. The molecule has 0 radical (unpaired) electrons. The molecule has 3 rings (SSSR count). The van der Waals surface area contributed by atoms with E-state index in [1.54, 1.807) is 0 Å². The Morgan fingerprint density at radius 2 is 1.57 bits per heavy atom. The van der Waals surface area contributed by atoms with E-state index in [0.717, 1.165) is 11.7 Å². The van der Waals surface area contributed by atoms with Gasteiger partial charge in [-0.1, -0.05) is 37.5 Å². The molecular formula is C18H26O3. The fraction of sp³-hybridized carbons (Fsp3) is 0.667. The fourth-order valence-electron chi connectivity index (χ4n) is 3.21. The molecule has 0 amide bonds. The Kier molecular flexibility index (Phi) is 4.81. The van der Waals surface area contributed by atoms with E-state index in [0.29, 0.717) is 19.1 Å². The molecule has 116 valence electrons. The molecule has 1 saturated heterocycles. The first kappa shape index (κ1) is 14.9. The van der Waals surface area contributed by atoms with Crippen molar-refractivity contribution >= 4 is 0 Å². The molecule has 2 aliphatic rings. The van der Waals surface area contributed by atoms with Crippen LogP contribution in [0.2, 0.25) is 0 Å². The highest BCUT2D eigenvalue weighted by Gasteiger charge is 2.32. The van der Waals surface area contributed by atoms with Gasteiger partial charge in [-0.25, -0.2) is 0 Å². The van der Waals surface area contributed by atoms with Gasteiger partial charge in [0.05, 0.1) is 13.2 Å². The highest BCUT2D eigenvalue weighted by molar-refractivity contribution is 5.26. The number of hydrogen-bond donors (Lipinski definition) is 0. The summed E-state index contributed by atoms with van der Waals surface area (Å²) in [6.45, 7) is 5.67. The molecule has 2 fully saturated rings. The summed E-state index contributed by atoms with van der Waals surface area (Å²) in [6.07, 6.45) is 5.06. The highest BCUT2D eigenvalue weighted by atomic mass is 16.7. The Labute approximate surface area is 127 Å². The van der Waals surface area contributed by atoms with Gasteiger partial charge in [-0.2, -0.15) is 0 Å². The molecular weight excluding hydrogens is 264 g/mol. The van der Waals surface area contributed by atoms with Crippen LogP contribution in [-0.4, -0.2) is 25.6 Å². The van der Waals surface area contributed by atoms with Gasteiger partial charge in [-0.15, -0.1) is 0 Å². The summed E-state index contributed by atoms with van der Waals surface area (Å²) in [5.41, 5.74) is 1.24. The highest BCUT2D eigenvalue weighted by Crippen LogP contribution is 2.33. The Morgan fingerprint density at radius 1 is 0.952 bits per heavy atom. The molecule has 1 aliphatic heterocycles. The lowest BCUT2D eigenvalue weighted by atomic mass is 9.82. The van der Waals surface area contributed by atoms with Crippen LogP contribution in [0.25, 0.3) is 0 Å². The van der Waals surface area contributed by atoms with E-state index in [2.05, 4.69) is 26.0 Å². The van der Waals surface area contributed by atoms with Crippen molar-refractivity contribution in [1.29, 1.82) is 0 Å². The third kappa shape index (κ3) is 3.98. The summed E-state index contributed by atoms with van der Waals surface area (Å²) in [5, 5.41) is 0. The van der Waals surface area contributed by atoms with Crippen LogP contribution in [0.4, 0.5) is 0 Å². The summed E-state index contributed by atoms with van der Waals surface area (Å²) >= 11 is 0. The predicted molar refractivity (Wildman–Crippen MR) is 82.4 cm³/mol. The van der Waals surface area contributed by atoms with Gasteiger partial charge in [0.1, 0.15) is 11.9 Å². The maximum atomic E-state index is 5.91. The van der Waals surface area contributed by atoms with Gasteiger partial charge >= 0.3 is 0 Å². The lowest BCUT2D eigenvalue weighted by molar-refractivity contribution is -0.237. The number of aryl methyl sites for hydroxylation is 1. The van der Waals surface area contributed by atoms with E-state index in [9.17, 15) is 0 Å². The van der Waals surface area contributed by atoms with Crippen LogP contribution >= 0.6 is 0 Å². The van der Waals surface area contributed by atoms with E-state index in [4.69, 9.17) is 14.2 Å². The lowest BCUT2D eigenvalue weighted by Crippen LogP contribution is -2.43. The average molecular weight is 290 g/mol. The summed E-state index contributed by atoms with van der Waals surface area (Å²) in [4.78, 5) is 0. The van der Waals surface area contributed by atoms with Crippen molar-refractivity contribution in [1.82, 2.24) is 0 Å². The van der Waals surface area contributed by atoms with Gasteiger partial charge in [-0.05, 0) is 37.8 Å². The Hall–Kier alpha value is -1.06. The van der Waals surface area contributed by atoms with Crippen LogP contribution in [0.1, 0.15) is 38.2 Å². The minimum Gasteiger partial charge on any atom is -0.486 e. The molecule has 1 heterocycles. The SMILES string of the molecule is Cc1ccc(OC2COC(C3CCC(C)CC3)OC2)cc1. The number of benzene rings is 1. The number of rotatable bonds is 3. The second kappa shape index (κ2) is 6.80. The molecule has 0 unspecified atom stereocenters. The lowest BCUT2D eigenvalue weighted by Gasteiger charge is -2.37. The van der Waals surface area contributed by atoms with Crippen molar-refractivity contribution in [3.05, 3.63) is 29.8 Å². The molecule has 1 aromatic carbocycles. The first-order chi connectivity index (χ1) is 10.2. The van der Waals surface area contributed by atoms with Crippen LogP contribution in [0.3, 0.4) is 0 Å². The minimum atomic E-state index is -0.0182. The van der Waals surface area contributed by atoms with Crippen LogP contribution in [0, 0.1) is 18.8 Å². The largest absolute Gasteiger partial charge is 0.486 e. The molecule has 1 saturated carbocycles. The quantitative estimate of drug-likeness (QED) is 0.844. The van der Waals surface area contributed by atoms with Gasteiger partial charge in [0, 0.05) is 5.92 Å². The Balaban J connectivity index is 1.45. The molecule has 0 spiro atoms. The van der Waals surface area contributed by atoms with Gasteiger partial charge in [0.2, 0.25) is 0 Å². The predicted octanol–water partition coefficient (Wildman–Crippen LogP) is 3.94. The third-order valence-corrected chi connectivity index (χ3v) is 4.66. The van der Waals surface area contributed by atoms with Crippen molar-refractivity contribution in [2.75, 3.05) is 13.2 Å². The van der Waals surface area contributed by atoms with Gasteiger partial charge in [0.25, 0.3) is 0 Å². The summed E-state index contributed by atoms with van der Waals surface area (Å²) < 4.78 is 17.7. The fourth-order valence-corrected chi connectivity index (χ4v) is 3.21. The van der Waals surface area contributed by atoms with Gasteiger partial charge in [0.15, 0.2) is 6.29 Å². The first-order valence-corrected chi connectivity index (χ1v) is 8.17. The molecule has 21 heavy (non-hydrogen) atoms. The van der Waals surface area contributed by atoms with E-state index in [1.807, 2.05) is 12.1 Å². The van der Waals surface area contributed by atoms with Crippen LogP contribution in [0.15, 0.2) is 24.3 Å². The molecule has 0 atom stereocenters. The van der Waals surface area contributed by atoms with Crippen molar-refractivity contribution < 1.29 is 14.2 Å².